The first kappa shape index (κ1) is 16.7. The number of hydrogen-bond acceptors (Lipinski definition) is 3. The zero-order valence-electron chi connectivity index (χ0n) is 13.8. The van der Waals surface area contributed by atoms with E-state index in [-0.39, 0.29) is 18.5 Å². The van der Waals surface area contributed by atoms with Crippen molar-refractivity contribution in [3.63, 3.8) is 0 Å². The molecule has 1 aromatic carbocycles. The Balaban J connectivity index is 1.50. The molecule has 1 saturated heterocycles. The Morgan fingerprint density at radius 1 is 1.42 bits per heavy atom. The molecule has 0 unspecified atom stereocenters. The second-order valence-electron chi connectivity index (χ2n) is 7.02. The van der Waals surface area contributed by atoms with E-state index in [1.54, 1.807) is 12.1 Å². The van der Waals surface area contributed by atoms with Crippen LogP contribution in [0, 0.1) is 11.3 Å². The molecule has 3 N–H and O–H groups in total. The van der Waals surface area contributed by atoms with Gasteiger partial charge in [-0.3, -0.25) is 4.79 Å². The molecular weight excluding hydrogens is 346 g/mol. The number of halogens is 2. The lowest BCUT2D eigenvalue weighted by Crippen LogP contribution is -2.38. The number of nitrogens with one attached hydrogen (secondary N) is 2. The first-order chi connectivity index (χ1) is 12.4. The molecule has 2 fully saturated rings. The lowest BCUT2D eigenvalue weighted by molar-refractivity contribution is -0.149. The zero-order valence-corrected chi connectivity index (χ0v) is 13.8. The Bertz CT molecular complexity index is 884. The summed E-state index contributed by atoms with van der Waals surface area (Å²) in [6.07, 6.45) is -0.424. The number of H-pyrrole nitrogens is 1. The maximum atomic E-state index is 12.7. The number of fused-ring (bicyclic) bond motifs is 2. The molecule has 1 aliphatic carbocycles. The number of carbonyl (C=O) groups excluding carboxylic acids is 1. The number of amides is 2. The summed E-state index contributed by atoms with van der Waals surface area (Å²) in [5, 5.41) is 12.3. The number of aliphatic carboxylic acids is 1. The first-order valence-corrected chi connectivity index (χ1v) is 8.46. The minimum atomic E-state index is -2.70. The Hall–Kier alpha value is -2.71. The van der Waals surface area contributed by atoms with Gasteiger partial charge in [0.1, 0.15) is 0 Å². The van der Waals surface area contributed by atoms with Crippen molar-refractivity contribution in [3.8, 4) is 0 Å². The van der Waals surface area contributed by atoms with Gasteiger partial charge in [0.15, 0.2) is 5.82 Å². The van der Waals surface area contributed by atoms with Gasteiger partial charge in [0.05, 0.1) is 16.4 Å². The van der Waals surface area contributed by atoms with E-state index in [9.17, 15) is 23.5 Å². The van der Waals surface area contributed by atoms with Crippen molar-refractivity contribution >= 4 is 28.7 Å². The molecule has 4 rings (SSSR count). The van der Waals surface area contributed by atoms with Crippen LogP contribution in [0.5, 0.6) is 0 Å². The van der Waals surface area contributed by atoms with Crippen molar-refractivity contribution < 1.29 is 23.5 Å². The highest BCUT2D eigenvalue weighted by Gasteiger charge is 2.55. The van der Waals surface area contributed by atoms with E-state index in [1.807, 2.05) is 0 Å². The van der Waals surface area contributed by atoms with Gasteiger partial charge < -0.3 is 20.3 Å². The molecule has 0 spiro atoms. The van der Waals surface area contributed by atoms with E-state index >= 15 is 0 Å². The zero-order chi connectivity index (χ0) is 18.5. The van der Waals surface area contributed by atoms with Crippen molar-refractivity contribution in [3.05, 3.63) is 24.0 Å². The number of anilines is 1. The lowest BCUT2D eigenvalue weighted by atomic mass is 9.81. The van der Waals surface area contributed by atoms with E-state index in [0.29, 0.717) is 29.7 Å². The number of carboxylic acids is 1. The summed E-state index contributed by atoms with van der Waals surface area (Å²) in [6.45, 7) is 0.612. The fourth-order valence-corrected chi connectivity index (χ4v) is 4.21. The maximum Gasteiger partial charge on any atom is 0.321 e. The molecule has 2 atom stereocenters. The number of nitrogens with zero attached hydrogens (tertiary/aromatic N) is 2. The summed E-state index contributed by atoms with van der Waals surface area (Å²) >= 11 is 0. The average molecular weight is 364 g/mol. The first-order valence-electron chi connectivity index (χ1n) is 8.46. The van der Waals surface area contributed by atoms with E-state index in [2.05, 4.69) is 15.3 Å². The summed E-state index contributed by atoms with van der Waals surface area (Å²) in [4.78, 5) is 32.1. The van der Waals surface area contributed by atoms with E-state index < -0.39 is 23.6 Å². The number of aromatic amines is 1. The van der Waals surface area contributed by atoms with Gasteiger partial charge in [0.2, 0.25) is 0 Å². The third-order valence-electron chi connectivity index (χ3n) is 5.54. The van der Waals surface area contributed by atoms with Gasteiger partial charge >= 0.3 is 12.0 Å². The van der Waals surface area contributed by atoms with Crippen LogP contribution in [-0.2, 0) is 4.79 Å². The molecule has 26 heavy (non-hydrogen) atoms. The summed E-state index contributed by atoms with van der Waals surface area (Å²) in [7, 11) is 0. The van der Waals surface area contributed by atoms with Crippen LogP contribution in [0.25, 0.3) is 11.0 Å². The van der Waals surface area contributed by atoms with Gasteiger partial charge in [0, 0.05) is 18.8 Å². The topological polar surface area (TPSA) is 98.3 Å². The largest absolute Gasteiger partial charge is 0.481 e. The standard InChI is InChI=1S/C17H18F2N4O3/c18-13(19)14-21-11-4-3-10(6-12(11)22-14)20-16(26)23-7-9-2-1-5-17(9,8-23)15(24)25/h3-4,6,9,13H,1-2,5,7-8H2,(H,20,26)(H,21,22)(H,24,25)/t9-,17+/m0/s1. The van der Waals surface area contributed by atoms with E-state index in [0.717, 1.165) is 12.8 Å². The number of carbonyl (C=O) groups is 2. The molecule has 2 aromatic rings. The van der Waals surface area contributed by atoms with Gasteiger partial charge in [-0.1, -0.05) is 6.42 Å². The maximum absolute atomic E-state index is 12.7. The number of alkyl halides is 2. The van der Waals surface area contributed by atoms with Crippen LogP contribution in [-0.4, -0.2) is 45.1 Å². The predicted molar refractivity (Wildman–Crippen MR) is 89.1 cm³/mol. The SMILES string of the molecule is O=C(Nc1ccc2nc(C(F)F)[nH]c2c1)N1C[C@@H]2CCC[C@@]2(C(=O)O)C1. The third-order valence-corrected chi connectivity index (χ3v) is 5.54. The average Bonchev–Trinajstić information content (AvgIpc) is 3.26. The summed E-state index contributed by atoms with van der Waals surface area (Å²) < 4.78 is 25.4. The molecular formula is C17H18F2N4O3. The molecule has 2 heterocycles. The molecule has 7 nitrogen and oxygen atoms in total. The monoisotopic (exact) mass is 364 g/mol. The fourth-order valence-electron chi connectivity index (χ4n) is 4.21. The van der Waals surface area contributed by atoms with Crippen LogP contribution in [0.2, 0.25) is 0 Å². The van der Waals surface area contributed by atoms with Crippen molar-refractivity contribution in [1.82, 2.24) is 14.9 Å². The van der Waals surface area contributed by atoms with Crippen LogP contribution in [0.4, 0.5) is 19.3 Å². The van der Waals surface area contributed by atoms with Gasteiger partial charge in [-0.15, -0.1) is 0 Å². The second kappa shape index (κ2) is 5.93. The number of aromatic nitrogens is 2. The summed E-state index contributed by atoms with van der Waals surface area (Å²) in [5.41, 5.74) is 0.391. The molecule has 9 heteroatoms. The van der Waals surface area contributed by atoms with Crippen LogP contribution in [0.1, 0.15) is 31.5 Å². The minimum absolute atomic E-state index is 0.0190. The Morgan fingerprint density at radius 3 is 2.92 bits per heavy atom. The van der Waals surface area contributed by atoms with E-state index in [1.165, 1.54) is 11.0 Å². The second-order valence-corrected chi connectivity index (χ2v) is 7.02. The van der Waals surface area contributed by atoms with Crippen LogP contribution >= 0.6 is 0 Å². The van der Waals surface area contributed by atoms with Gasteiger partial charge in [-0.25, -0.2) is 18.6 Å². The van der Waals surface area contributed by atoms with Crippen molar-refractivity contribution in [2.75, 3.05) is 18.4 Å². The molecule has 1 saturated carbocycles. The number of likely N-dealkylation sites (tertiary alicyclic amines) is 1. The van der Waals surface area contributed by atoms with Gasteiger partial charge in [-0.05, 0) is 37.0 Å². The highest BCUT2D eigenvalue weighted by molar-refractivity contribution is 5.93. The van der Waals surface area contributed by atoms with Crippen LogP contribution in [0.15, 0.2) is 18.2 Å². The Labute approximate surface area is 147 Å². The number of rotatable bonds is 3. The fraction of sp³-hybridized carbons (Fsp3) is 0.471. The molecule has 138 valence electrons. The minimum Gasteiger partial charge on any atom is -0.481 e. The smallest absolute Gasteiger partial charge is 0.321 e. The van der Waals surface area contributed by atoms with Crippen LogP contribution in [0.3, 0.4) is 0 Å². The molecule has 1 aliphatic heterocycles. The number of urea groups is 1. The van der Waals surface area contributed by atoms with Gasteiger partial charge in [0.25, 0.3) is 6.43 Å². The third kappa shape index (κ3) is 2.58. The predicted octanol–water partition coefficient (Wildman–Crippen LogP) is 3.22. The number of imidazole rings is 1. The lowest BCUT2D eigenvalue weighted by Gasteiger charge is -2.23. The Kier molecular flexibility index (Phi) is 3.82. The molecule has 0 bridgehead atoms. The highest BCUT2D eigenvalue weighted by atomic mass is 19.3. The number of benzene rings is 1. The quantitative estimate of drug-likeness (QED) is 0.779. The summed E-state index contributed by atoms with van der Waals surface area (Å²) in [6, 6.07) is 4.29. The Morgan fingerprint density at radius 2 is 2.23 bits per heavy atom. The summed E-state index contributed by atoms with van der Waals surface area (Å²) in [5.74, 6) is -1.28. The van der Waals surface area contributed by atoms with Crippen LogP contribution < -0.4 is 5.32 Å². The van der Waals surface area contributed by atoms with Crippen molar-refractivity contribution in [2.45, 2.75) is 25.7 Å². The molecule has 2 amide bonds. The molecule has 1 aromatic heterocycles. The van der Waals surface area contributed by atoms with Crippen molar-refractivity contribution in [2.24, 2.45) is 11.3 Å². The number of carboxylic acid groups (broad SMARTS) is 1. The molecule has 2 aliphatic rings. The normalized spacial score (nSPS) is 25.0. The molecule has 0 radical (unpaired) electrons. The van der Waals surface area contributed by atoms with E-state index in [4.69, 9.17) is 0 Å². The van der Waals surface area contributed by atoms with Gasteiger partial charge in [-0.2, -0.15) is 0 Å². The highest BCUT2D eigenvalue weighted by Crippen LogP contribution is 2.48. The van der Waals surface area contributed by atoms with Crippen molar-refractivity contribution in [1.29, 1.82) is 0 Å². The number of hydrogen-bond donors (Lipinski definition) is 3.